The van der Waals surface area contributed by atoms with Gasteiger partial charge in [0.1, 0.15) is 0 Å². The summed E-state index contributed by atoms with van der Waals surface area (Å²) in [6, 6.07) is 1.84. The zero-order chi connectivity index (χ0) is 4.12. The zero-order valence-electron chi connectivity index (χ0n) is 3.10. The molecular weight excluding hydrogens is 63.0 g/mol. The molecule has 0 atom stereocenters. The van der Waals surface area contributed by atoms with E-state index in [-0.39, 0.29) is 0 Å². The van der Waals surface area contributed by atoms with Crippen molar-refractivity contribution >= 4 is 0 Å². The van der Waals surface area contributed by atoms with Gasteiger partial charge in [0.15, 0.2) is 0 Å². The smallest absolute Gasteiger partial charge is 0.0908 e. The van der Waals surface area contributed by atoms with Crippen LogP contribution < -0.4 is 0 Å². The van der Waals surface area contributed by atoms with Crippen molar-refractivity contribution < 1.29 is 0 Å². The third-order valence-electron chi connectivity index (χ3n) is 0.241. The topological polar surface area (TPSA) is 23.8 Å². The Balaban J connectivity index is 3.04. The lowest BCUT2D eigenvalue weighted by Crippen LogP contribution is -1.35. The van der Waals surface area contributed by atoms with Crippen LogP contribution in [0.25, 0.3) is 0 Å². The highest BCUT2D eigenvalue weighted by Gasteiger charge is 1.45. The van der Waals surface area contributed by atoms with E-state index in [1.165, 1.54) is 6.08 Å². The summed E-state index contributed by atoms with van der Waals surface area (Å²) in [5, 5.41) is 7.73. The van der Waals surface area contributed by atoms with Crippen LogP contribution in [-0.2, 0) is 0 Å². The van der Waals surface area contributed by atoms with E-state index in [2.05, 4.69) is 0 Å². The first kappa shape index (κ1) is 4.23. The van der Waals surface area contributed by atoms with Gasteiger partial charge in [-0.15, -0.1) is 0 Å². The van der Waals surface area contributed by atoms with Gasteiger partial charge in [0.05, 0.1) is 6.07 Å². The minimum absolute atomic E-state index is 1.43. The van der Waals surface area contributed by atoms with Gasteiger partial charge in [0.25, 0.3) is 0 Å². The van der Waals surface area contributed by atoms with Crippen molar-refractivity contribution in [3.8, 4) is 6.07 Å². The van der Waals surface area contributed by atoms with Gasteiger partial charge >= 0.3 is 0 Å². The highest BCUT2D eigenvalue weighted by molar-refractivity contribution is 4.99. The third kappa shape index (κ3) is 3.23. The van der Waals surface area contributed by atoms with Crippen LogP contribution >= 0.6 is 0 Å². The average molecular weight is 68.1 g/mol. The fraction of sp³-hybridized carbons (Fsp3) is 0.250. The number of allylic oxidation sites excluding steroid dienone is 2. The summed E-state index contributed by atoms with van der Waals surface area (Å²) in [4.78, 5) is 0. The van der Waals surface area contributed by atoms with Crippen molar-refractivity contribution in [3.63, 3.8) is 0 Å². The van der Waals surface area contributed by atoms with Crippen LogP contribution in [0.15, 0.2) is 12.2 Å². The number of rotatable bonds is 0. The van der Waals surface area contributed by atoms with E-state index in [9.17, 15) is 0 Å². The van der Waals surface area contributed by atoms with E-state index in [1.807, 2.05) is 13.0 Å². The molecule has 1 heteroatoms. The number of nitriles is 1. The Bertz CT molecular complexity index is 66.2. The molecule has 0 aliphatic rings. The predicted molar refractivity (Wildman–Crippen MR) is 20.4 cm³/mol. The van der Waals surface area contributed by atoms with Crippen LogP contribution in [0.4, 0.5) is 0 Å². The van der Waals surface area contributed by atoms with E-state index in [0.29, 0.717) is 0 Å². The quantitative estimate of drug-likeness (QED) is 0.308. The molecule has 5 heavy (non-hydrogen) atoms. The summed E-state index contributed by atoms with van der Waals surface area (Å²) in [5.74, 6) is 0. The molecular formula is C4H5N. The van der Waals surface area contributed by atoms with E-state index in [4.69, 9.17) is 5.26 Å². The van der Waals surface area contributed by atoms with Gasteiger partial charge < -0.3 is 0 Å². The Morgan fingerprint density at radius 3 is 2.40 bits per heavy atom. The number of nitrogens with zero attached hydrogens (tertiary/aromatic N) is 1. The molecule has 1 nitrogen and oxygen atoms in total. The summed E-state index contributed by atoms with van der Waals surface area (Å²) in [5.41, 5.74) is 0. The molecule has 0 saturated heterocycles. The van der Waals surface area contributed by atoms with Crippen molar-refractivity contribution in [1.29, 1.82) is 5.26 Å². The number of hydrogen-bond acceptors (Lipinski definition) is 1. The van der Waals surface area contributed by atoms with Crippen LogP contribution in [0.2, 0.25) is 0 Å². The molecule has 0 spiro atoms. The summed E-state index contributed by atoms with van der Waals surface area (Å²) in [7, 11) is 0. The van der Waals surface area contributed by atoms with Crippen LogP contribution in [-0.4, -0.2) is 0 Å². The maximum atomic E-state index is 7.73. The molecule has 0 N–H and O–H groups in total. The zero-order valence-corrected chi connectivity index (χ0v) is 3.10. The molecule has 0 aliphatic carbocycles. The maximum Gasteiger partial charge on any atom is 0.0908 e. The van der Waals surface area contributed by atoms with Crippen molar-refractivity contribution in [2.75, 3.05) is 0 Å². The van der Waals surface area contributed by atoms with Crippen molar-refractivity contribution in [1.82, 2.24) is 0 Å². The molecule has 0 fully saturated rings. The Labute approximate surface area is 31.5 Å². The second kappa shape index (κ2) is 3.23. The van der Waals surface area contributed by atoms with Crippen LogP contribution in [0.5, 0.6) is 0 Å². The molecule has 0 heterocycles. The first-order valence-electron chi connectivity index (χ1n) is 1.42. The highest BCUT2D eigenvalue weighted by Crippen LogP contribution is 1.58. The van der Waals surface area contributed by atoms with Gasteiger partial charge in [0.2, 0.25) is 0 Å². The van der Waals surface area contributed by atoms with Gasteiger partial charge in [-0.05, 0) is 6.92 Å². The minimum Gasteiger partial charge on any atom is -0.193 e. The molecule has 0 aromatic carbocycles. The van der Waals surface area contributed by atoms with Crippen LogP contribution in [0, 0.1) is 11.3 Å². The fourth-order valence-electron chi connectivity index (χ4n) is 0.0745. The monoisotopic (exact) mass is 68.0 g/mol. The lowest BCUT2D eigenvalue weighted by atomic mass is 10.7. The Morgan fingerprint density at radius 1 is 1.80 bits per heavy atom. The Morgan fingerprint density at radius 2 is 2.40 bits per heavy atom. The molecule has 0 rings (SSSR count). The molecule has 0 bridgehead atoms. The molecule has 26 valence electrons. The summed E-state index contributed by atoms with van der Waals surface area (Å²) >= 11 is 0. The normalized spacial score (nSPS) is 8.00. The molecule has 0 aliphatic heterocycles. The van der Waals surface area contributed by atoms with E-state index < -0.39 is 0 Å². The molecule has 0 radical (unpaired) electrons. The van der Waals surface area contributed by atoms with Gasteiger partial charge in [-0.2, -0.15) is 5.26 Å². The van der Waals surface area contributed by atoms with E-state index in [0.717, 1.165) is 0 Å². The molecule has 0 aromatic rings. The molecule has 0 unspecified atom stereocenters. The standard InChI is InChI=1S/C4H5N/c1-2-3-4-5/h2-3H,1H3/b3-2+/i1+1. The lowest BCUT2D eigenvalue weighted by molar-refractivity contribution is 1.53. The van der Waals surface area contributed by atoms with Crippen molar-refractivity contribution in [3.05, 3.63) is 12.2 Å². The molecule has 0 amide bonds. The second-order valence-electron chi connectivity index (χ2n) is 0.629. The SMILES string of the molecule is [13CH3]/C=C/C#N. The molecule has 0 aromatic heterocycles. The Kier molecular flexibility index (Phi) is 2.73. The summed E-state index contributed by atoms with van der Waals surface area (Å²) in [6.45, 7) is 1.81. The minimum atomic E-state index is 1.43. The summed E-state index contributed by atoms with van der Waals surface area (Å²) < 4.78 is 0. The maximum absolute atomic E-state index is 7.73. The van der Waals surface area contributed by atoms with Crippen molar-refractivity contribution in [2.45, 2.75) is 6.92 Å². The fourth-order valence-corrected chi connectivity index (χ4v) is 0.0745. The van der Waals surface area contributed by atoms with E-state index >= 15 is 0 Å². The summed E-state index contributed by atoms with van der Waals surface area (Å²) in [6.07, 6.45) is 3.12. The largest absolute Gasteiger partial charge is 0.193 e. The van der Waals surface area contributed by atoms with Gasteiger partial charge in [-0.25, -0.2) is 0 Å². The van der Waals surface area contributed by atoms with Gasteiger partial charge in [-0.1, -0.05) is 6.08 Å². The van der Waals surface area contributed by atoms with Gasteiger partial charge in [0, 0.05) is 6.08 Å². The second-order valence-corrected chi connectivity index (χ2v) is 0.629. The third-order valence-corrected chi connectivity index (χ3v) is 0.241. The van der Waals surface area contributed by atoms with Crippen molar-refractivity contribution in [2.24, 2.45) is 0 Å². The first-order chi connectivity index (χ1) is 2.41. The van der Waals surface area contributed by atoms with Crippen LogP contribution in [0.1, 0.15) is 6.92 Å². The van der Waals surface area contributed by atoms with Crippen LogP contribution in [0.3, 0.4) is 0 Å². The number of hydrogen-bond donors (Lipinski definition) is 0. The molecule has 0 saturated carbocycles. The first-order valence-corrected chi connectivity index (χ1v) is 1.42. The lowest BCUT2D eigenvalue weighted by Gasteiger charge is -1.47. The highest BCUT2D eigenvalue weighted by atomic mass is 14.2. The Hall–Kier alpha value is -0.770. The van der Waals surface area contributed by atoms with Gasteiger partial charge in [-0.3, -0.25) is 0 Å². The average Bonchev–Trinajstić information content (AvgIpc) is 1.41. The predicted octanol–water partition coefficient (Wildman–Crippen LogP) is 1.09. The van der Waals surface area contributed by atoms with E-state index in [1.54, 1.807) is 6.08 Å².